The van der Waals surface area contributed by atoms with Crippen LogP contribution in [0.4, 0.5) is 18.9 Å². The molecule has 0 fully saturated rings. The molecule has 0 aromatic heterocycles. The van der Waals surface area contributed by atoms with E-state index in [-0.39, 0.29) is 5.69 Å². The SMILES string of the molecule is Cc1ccc(C(F)(F)F)cc1NC(=O)c1ccc(I)cc1. The molecule has 1 N–H and O–H groups in total. The number of alkyl halides is 3. The predicted molar refractivity (Wildman–Crippen MR) is 83.3 cm³/mol. The van der Waals surface area contributed by atoms with Gasteiger partial charge in [0.2, 0.25) is 0 Å². The molecule has 6 heteroatoms. The molecule has 0 aliphatic rings. The molecule has 2 aromatic carbocycles. The number of hydrogen-bond acceptors (Lipinski definition) is 1. The van der Waals surface area contributed by atoms with Gasteiger partial charge in [0, 0.05) is 14.8 Å². The quantitative estimate of drug-likeness (QED) is 0.710. The lowest BCUT2D eigenvalue weighted by atomic mass is 10.1. The third kappa shape index (κ3) is 3.96. The van der Waals surface area contributed by atoms with Crippen molar-refractivity contribution in [1.82, 2.24) is 0 Å². The van der Waals surface area contributed by atoms with Crippen molar-refractivity contribution in [1.29, 1.82) is 0 Å². The molecule has 0 aliphatic heterocycles. The van der Waals surface area contributed by atoms with Crippen molar-refractivity contribution in [2.45, 2.75) is 13.1 Å². The Bertz CT molecular complexity index is 666. The Balaban J connectivity index is 2.26. The zero-order chi connectivity index (χ0) is 15.6. The van der Waals surface area contributed by atoms with Gasteiger partial charge in [0.05, 0.1) is 5.56 Å². The molecule has 0 bridgehead atoms. The van der Waals surface area contributed by atoms with Crippen molar-refractivity contribution in [3.05, 3.63) is 62.7 Å². The average molecular weight is 405 g/mol. The summed E-state index contributed by atoms with van der Waals surface area (Å²) < 4.78 is 39.0. The minimum Gasteiger partial charge on any atom is -0.322 e. The minimum absolute atomic E-state index is 0.161. The van der Waals surface area contributed by atoms with Crippen LogP contribution in [-0.2, 0) is 6.18 Å². The van der Waals surface area contributed by atoms with Crippen LogP contribution in [0.15, 0.2) is 42.5 Å². The second-order valence-electron chi connectivity index (χ2n) is 4.49. The summed E-state index contributed by atoms with van der Waals surface area (Å²) >= 11 is 2.11. The summed E-state index contributed by atoms with van der Waals surface area (Å²) in [5.41, 5.74) is 0.341. The summed E-state index contributed by atoms with van der Waals surface area (Å²) in [6.45, 7) is 1.64. The van der Waals surface area contributed by atoms with Crippen LogP contribution in [0.25, 0.3) is 0 Å². The molecule has 0 unspecified atom stereocenters. The third-order valence-corrected chi connectivity index (χ3v) is 3.64. The molecule has 21 heavy (non-hydrogen) atoms. The van der Waals surface area contributed by atoms with Crippen molar-refractivity contribution in [2.24, 2.45) is 0 Å². The number of anilines is 1. The Morgan fingerprint density at radius 1 is 1.10 bits per heavy atom. The summed E-state index contributed by atoms with van der Waals surface area (Å²) in [6.07, 6.45) is -4.43. The van der Waals surface area contributed by atoms with E-state index in [0.717, 1.165) is 15.7 Å². The second kappa shape index (κ2) is 6.05. The van der Waals surface area contributed by atoms with Crippen molar-refractivity contribution in [3.63, 3.8) is 0 Å². The molecule has 2 aromatic rings. The first kappa shape index (κ1) is 15.8. The topological polar surface area (TPSA) is 29.1 Å². The normalized spacial score (nSPS) is 11.3. The highest BCUT2D eigenvalue weighted by atomic mass is 127. The van der Waals surface area contributed by atoms with Crippen molar-refractivity contribution < 1.29 is 18.0 Å². The highest BCUT2D eigenvalue weighted by molar-refractivity contribution is 14.1. The largest absolute Gasteiger partial charge is 0.416 e. The molecule has 0 aliphatic carbocycles. The lowest BCUT2D eigenvalue weighted by Gasteiger charge is -2.12. The standard InChI is InChI=1S/C15H11F3INO/c1-9-2-5-11(15(16,17)18)8-13(9)20-14(21)10-3-6-12(19)7-4-10/h2-8H,1H3,(H,20,21). The average Bonchev–Trinajstić information content (AvgIpc) is 2.40. The number of carbonyl (C=O) groups excluding carboxylic acids is 1. The Labute approximate surface area is 133 Å². The minimum atomic E-state index is -4.43. The number of aryl methyl sites for hydroxylation is 1. The molecule has 2 nitrogen and oxygen atoms in total. The van der Waals surface area contributed by atoms with E-state index in [1.165, 1.54) is 6.07 Å². The Morgan fingerprint density at radius 2 is 1.71 bits per heavy atom. The number of amides is 1. The Morgan fingerprint density at radius 3 is 2.29 bits per heavy atom. The fraction of sp³-hybridized carbons (Fsp3) is 0.133. The van der Waals surface area contributed by atoms with E-state index in [4.69, 9.17) is 0 Å². The third-order valence-electron chi connectivity index (χ3n) is 2.92. The first-order valence-corrected chi connectivity index (χ1v) is 7.10. The summed E-state index contributed by atoms with van der Waals surface area (Å²) in [7, 11) is 0. The van der Waals surface area contributed by atoms with Gasteiger partial charge in [-0.1, -0.05) is 6.07 Å². The number of hydrogen-bond donors (Lipinski definition) is 1. The number of nitrogens with one attached hydrogen (secondary N) is 1. The molecule has 0 spiro atoms. The highest BCUT2D eigenvalue weighted by Gasteiger charge is 2.30. The van der Waals surface area contributed by atoms with Gasteiger partial charge in [-0.05, 0) is 71.5 Å². The van der Waals surface area contributed by atoms with Crippen LogP contribution >= 0.6 is 22.6 Å². The van der Waals surface area contributed by atoms with E-state index < -0.39 is 17.6 Å². The van der Waals surface area contributed by atoms with Gasteiger partial charge < -0.3 is 5.32 Å². The van der Waals surface area contributed by atoms with E-state index in [9.17, 15) is 18.0 Å². The van der Waals surface area contributed by atoms with Gasteiger partial charge in [0.25, 0.3) is 5.91 Å². The van der Waals surface area contributed by atoms with Crippen LogP contribution < -0.4 is 5.32 Å². The van der Waals surface area contributed by atoms with Gasteiger partial charge in [-0.3, -0.25) is 4.79 Å². The van der Waals surface area contributed by atoms with Crippen LogP contribution in [-0.4, -0.2) is 5.91 Å². The molecule has 0 radical (unpaired) electrons. The molecule has 1 amide bonds. The van der Waals surface area contributed by atoms with Gasteiger partial charge in [0.15, 0.2) is 0 Å². The summed E-state index contributed by atoms with van der Waals surface area (Å²) in [6, 6.07) is 10.0. The first-order chi connectivity index (χ1) is 9.77. The van der Waals surface area contributed by atoms with Crippen molar-refractivity contribution in [3.8, 4) is 0 Å². The number of benzene rings is 2. The highest BCUT2D eigenvalue weighted by Crippen LogP contribution is 2.32. The van der Waals surface area contributed by atoms with Gasteiger partial charge in [-0.25, -0.2) is 0 Å². The summed E-state index contributed by atoms with van der Waals surface area (Å²) in [5.74, 6) is -0.436. The van der Waals surface area contributed by atoms with Gasteiger partial charge >= 0.3 is 6.18 Å². The lowest BCUT2D eigenvalue weighted by molar-refractivity contribution is -0.137. The van der Waals surface area contributed by atoms with E-state index in [1.54, 1.807) is 31.2 Å². The fourth-order valence-electron chi connectivity index (χ4n) is 1.73. The molecule has 0 saturated heterocycles. The Kier molecular flexibility index (Phi) is 4.55. The Hall–Kier alpha value is -1.57. The molecule has 0 heterocycles. The van der Waals surface area contributed by atoms with E-state index >= 15 is 0 Å². The van der Waals surface area contributed by atoms with Gasteiger partial charge in [0.1, 0.15) is 0 Å². The van der Waals surface area contributed by atoms with E-state index in [0.29, 0.717) is 11.1 Å². The maximum atomic E-state index is 12.7. The monoisotopic (exact) mass is 405 g/mol. The molecule has 0 saturated carbocycles. The van der Waals surface area contributed by atoms with Crippen LogP contribution in [0.1, 0.15) is 21.5 Å². The van der Waals surface area contributed by atoms with E-state index in [2.05, 4.69) is 27.9 Å². The number of halogens is 4. The number of rotatable bonds is 2. The maximum Gasteiger partial charge on any atom is 0.416 e. The van der Waals surface area contributed by atoms with Gasteiger partial charge in [-0.15, -0.1) is 0 Å². The summed E-state index contributed by atoms with van der Waals surface area (Å²) in [4.78, 5) is 12.0. The fourth-order valence-corrected chi connectivity index (χ4v) is 2.09. The molecular weight excluding hydrogens is 394 g/mol. The van der Waals surface area contributed by atoms with Crippen molar-refractivity contribution >= 4 is 34.2 Å². The predicted octanol–water partition coefficient (Wildman–Crippen LogP) is 4.87. The van der Waals surface area contributed by atoms with E-state index in [1.807, 2.05) is 0 Å². The lowest BCUT2D eigenvalue weighted by Crippen LogP contribution is -2.14. The van der Waals surface area contributed by atoms with Crippen LogP contribution in [0.3, 0.4) is 0 Å². The smallest absolute Gasteiger partial charge is 0.322 e. The molecule has 0 atom stereocenters. The van der Waals surface area contributed by atoms with Crippen LogP contribution in [0.2, 0.25) is 0 Å². The van der Waals surface area contributed by atoms with Gasteiger partial charge in [-0.2, -0.15) is 13.2 Å². The first-order valence-electron chi connectivity index (χ1n) is 6.02. The number of carbonyl (C=O) groups is 1. The molecule has 2 rings (SSSR count). The maximum absolute atomic E-state index is 12.7. The molecular formula is C15H11F3INO. The zero-order valence-electron chi connectivity index (χ0n) is 11.0. The van der Waals surface area contributed by atoms with Crippen molar-refractivity contribution in [2.75, 3.05) is 5.32 Å². The second-order valence-corrected chi connectivity index (χ2v) is 5.73. The van der Waals surface area contributed by atoms with Crippen LogP contribution in [0, 0.1) is 10.5 Å². The molecule has 110 valence electrons. The van der Waals surface area contributed by atoms with Crippen LogP contribution in [0.5, 0.6) is 0 Å². The zero-order valence-corrected chi connectivity index (χ0v) is 13.1. The summed E-state index contributed by atoms with van der Waals surface area (Å²) in [5, 5.41) is 2.52.